The van der Waals surface area contributed by atoms with E-state index in [2.05, 4.69) is 0 Å². The van der Waals surface area contributed by atoms with E-state index in [1.807, 2.05) is 30.3 Å². The van der Waals surface area contributed by atoms with Gasteiger partial charge in [0.15, 0.2) is 0 Å². The van der Waals surface area contributed by atoms with Crippen molar-refractivity contribution < 1.29 is 8.42 Å². The Balaban J connectivity index is 2.46. The SMILES string of the molecule is NS(=O)(=O)c1cc(-c2ccccc2)cs1. The molecule has 3 nitrogen and oxygen atoms in total. The van der Waals surface area contributed by atoms with Crippen molar-refractivity contribution in [3.8, 4) is 11.1 Å². The van der Waals surface area contributed by atoms with E-state index in [1.165, 1.54) is 0 Å². The van der Waals surface area contributed by atoms with Gasteiger partial charge in [-0.3, -0.25) is 0 Å². The molecule has 2 N–H and O–H groups in total. The van der Waals surface area contributed by atoms with E-state index in [0.29, 0.717) is 0 Å². The van der Waals surface area contributed by atoms with Gasteiger partial charge in [0.2, 0.25) is 10.0 Å². The highest BCUT2D eigenvalue weighted by Crippen LogP contribution is 2.27. The monoisotopic (exact) mass is 239 g/mol. The van der Waals surface area contributed by atoms with Crippen LogP contribution in [-0.4, -0.2) is 8.42 Å². The van der Waals surface area contributed by atoms with Gasteiger partial charge in [-0.25, -0.2) is 13.6 Å². The predicted molar refractivity (Wildman–Crippen MR) is 61.1 cm³/mol. The van der Waals surface area contributed by atoms with Gasteiger partial charge in [-0.05, 0) is 22.6 Å². The fraction of sp³-hybridized carbons (Fsp3) is 0. The quantitative estimate of drug-likeness (QED) is 0.872. The lowest BCUT2D eigenvalue weighted by molar-refractivity contribution is 0.600. The lowest BCUT2D eigenvalue weighted by atomic mass is 10.1. The molecule has 0 fully saturated rings. The summed E-state index contributed by atoms with van der Waals surface area (Å²) in [4.78, 5) is 0. The Bertz CT molecular complexity index is 558. The molecule has 1 aromatic carbocycles. The smallest absolute Gasteiger partial charge is 0.224 e. The first kappa shape index (κ1) is 10.4. The van der Waals surface area contributed by atoms with E-state index in [1.54, 1.807) is 11.4 Å². The fourth-order valence-corrected chi connectivity index (χ4v) is 2.86. The maximum Gasteiger partial charge on any atom is 0.247 e. The topological polar surface area (TPSA) is 60.2 Å². The number of hydrogen-bond donors (Lipinski definition) is 1. The zero-order chi connectivity index (χ0) is 10.9. The Morgan fingerprint density at radius 1 is 1.07 bits per heavy atom. The third-order valence-corrected chi connectivity index (χ3v) is 4.35. The molecule has 15 heavy (non-hydrogen) atoms. The van der Waals surface area contributed by atoms with E-state index in [9.17, 15) is 8.42 Å². The van der Waals surface area contributed by atoms with E-state index >= 15 is 0 Å². The molecular formula is C10H9NO2S2. The molecule has 0 radical (unpaired) electrons. The van der Waals surface area contributed by atoms with Crippen molar-refractivity contribution in [1.29, 1.82) is 0 Å². The average Bonchev–Trinajstić information content (AvgIpc) is 2.67. The maximum absolute atomic E-state index is 11.1. The van der Waals surface area contributed by atoms with Crippen LogP contribution in [0.5, 0.6) is 0 Å². The highest BCUT2D eigenvalue weighted by molar-refractivity contribution is 7.91. The third kappa shape index (κ3) is 2.26. The summed E-state index contributed by atoms with van der Waals surface area (Å²) >= 11 is 1.14. The number of sulfonamides is 1. The Morgan fingerprint density at radius 3 is 2.27 bits per heavy atom. The van der Waals surface area contributed by atoms with Crippen molar-refractivity contribution in [2.45, 2.75) is 4.21 Å². The van der Waals surface area contributed by atoms with E-state index in [4.69, 9.17) is 5.14 Å². The van der Waals surface area contributed by atoms with Gasteiger partial charge < -0.3 is 0 Å². The lowest BCUT2D eigenvalue weighted by Crippen LogP contribution is -2.09. The molecule has 0 spiro atoms. The highest BCUT2D eigenvalue weighted by atomic mass is 32.2. The molecule has 0 unspecified atom stereocenters. The van der Waals surface area contributed by atoms with Crippen LogP contribution in [0.25, 0.3) is 11.1 Å². The zero-order valence-corrected chi connectivity index (χ0v) is 9.38. The summed E-state index contributed by atoms with van der Waals surface area (Å²) in [5.41, 5.74) is 1.87. The van der Waals surface area contributed by atoms with Gasteiger partial charge in [-0.1, -0.05) is 30.3 Å². The van der Waals surface area contributed by atoms with Crippen molar-refractivity contribution >= 4 is 21.4 Å². The van der Waals surface area contributed by atoms with Gasteiger partial charge >= 0.3 is 0 Å². The molecule has 0 aliphatic carbocycles. The minimum absolute atomic E-state index is 0.196. The lowest BCUT2D eigenvalue weighted by Gasteiger charge is -1.94. The number of hydrogen-bond acceptors (Lipinski definition) is 3. The zero-order valence-electron chi connectivity index (χ0n) is 7.75. The van der Waals surface area contributed by atoms with Gasteiger partial charge in [0, 0.05) is 0 Å². The molecule has 0 aliphatic heterocycles. The van der Waals surface area contributed by atoms with E-state index < -0.39 is 10.0 Å². The standard InChI is InChI=1S/C10H9NO2S2/c11-15(12,13)10-6-9(7-14-10)8-4-2-1-3-5-8/h1-7H,(H2,11,12,13). The predicted octanol–water partition coefficient (Wildman–Crippen LogP) is 2.06. The van der Waals surface area contributed by atoms with Crippen LogP contribution in [0.15, 0.2) is 46.0 Å². The molecule has 0 saturated carbocycles. The molecule has 2 aromatic rings. The van der Waals surface area contributed by atoms with Crippen molar-refractivity contribution in [1.82, 2.24) is 0 Å². The molecule has 1 heterocycles. The molecule has 5 heteroatoms. The average molecular weight is 239 g/mol. The molecule has 0 atom stereocenters. The highest BCUT2D eigenvalue weighted by Gasteiger charge is 2.11. The molecule has 78 valence electrons. The van der Waals surface area contributed by atoms with Gasteiger partial charge in [0.05, 0.1) is 0 Å². The van der Waals surface area contributed by atoms with Crippen LogP contribution in [0, 0.1) is 0 Å². The fourth-order valence-electron chi connectivity index (χ4n) is 1.25. The van der Waals surface area contributed by atoms with E-state index in [0.717, 1.165) is 22.5 Å². The first-order chi connectivity index (χ1) is 7.07. The van der Waals surface area contributed by atoms with Crippen LogP contribution >= 0.6 is 11.3 Å². The van der Waals surface area contributed by atoms with Gasteiger partial charge in [-0.15, -0.1) is 11.3 Å². The summed E-state index contributed by atoms with van der Waals surface area (Å²) in [7, 11) is -3.57. The minimum atomic E-state index is -3.57. The van der Waals surface area contributed by atoms with Crippen LogP contribution in [0.1, 0.15) is 0 Å². The normalized spacial score (nSPS) is 11.5. The minimum Gasteiger partial charge on any atom is -0.224 e. The third-order valence-electron chi connectivity index (χ3n) is 1.96. The number of primary sulfonamides is 1. The van der Waals surface area contributed by atoms with Crippen LogP contribution in [0.3, 0.4) is 0 Å². The van der Waals surface area contributed by atoms with Gasteiger partial charge in [-0.2, -0.15) is 0 Å². The summed E-state index contributed by atoms with van der Waals surface area (Å²) in [6.45, 7) is 0. The second-order valence-electron chi connectivity index (χ2n) is 3.07. The van der Waals surface area contributed by atoms with Crippen molar-refractivity contribution in [2.24, 2.45) is 5.14 Å². The molecule has 0 amide bonds. The largest absolute Gasteiger partial charge is 0.247 e. The number of rotatable bonds is 2. The molecule has 1 aromatic heterocycles. The van der Waals surface area contributed by atoms with Gasteiger partial charge in [0.25, 0.3) is 0 Å². The Kier molecular flexibility index (Phi) is 2.60. The Labute approximate surface area is 92.2 Å². The van der Waals surface area contributed by atoms with Crippen molar-refractivity contribution in [2.75, 3.05) is 0 Å². The number of nitrogens with two attached hydrogens (primary N) is 1. The molecule has 2 rings (SSSR count). The van der Waals surface area contributed by atoms with Crippen LogP contribution in [0.4, 0.5) is 0 Å². The van der Waals surface area contributed by atoms with Crippen LogP contribution < -0.4 is 5.14 Å². The summed E-state index contributed by atoms with van der Waals surface area (Å²) in [5, 5.41) is 6.82. The summed E-state index contributed by atoms with van der Waals surface area (Å²) in [6, 6.07) is 11.2. The van der Waals surface area contributed by atoms with Crippen molar-refractivity contribution in [3.05, 3.63) is 41.8 Å². The second kappa shape index (κ2) is 3.77. The van der Waals surface area contributed by atoms with Crippen LogP contribution in [-0.2, 0) is 10.0 Å². The molecule has 0 saturated heterocycles. The Hall–Kier alpha value is -1.17. The maximum atomic E-state index is 11.1. The first-order valence-corrected chi connectivity index (χ1v) is 6.67. The number of benzene rings is 1. The van der Waals surface area contributed by atoms with Crippen LogP contribution in [0.2, 0.25) is 0 Å². The molecule has 0 bridgehead atoms. The first-order valence-electron chi connectivity index (χ1n) is 4.24. The number of thiophene rings is 1. The van der Waals surface area contributed by atoms with Gasteiger partial charge in [0.1, 0.15) is 4.21 Å². The van der Waals surface area contributed by atoms with Crippen molar-refractivity contribution in [3.63, 3.8) is 0 Å². The summed E-state index contributed by atoms with van der Waals surface area (Å²) in [6.07, 6.45) is 0. The summed E-state index contributed by atoms with van der Waals surface area (Å²) < 4.78 is 22.3. The summed E-state index contributed by atoms with van der Waals surface area (Å²) in [5.74, 6) is 0. The second-order valence-corrected chi connectivity index (χ2v) is 5.76. The Morgan fingerprint density at radius 2 is 1.73 bits per heavy atom. The molecular weight excluding hydrogens is 230 g/mol. The molecule has 0 aliphatic rings. The van der Waals surface area contributed by atoms with E-state index in [-0.39, 0.29) is 4.21 Å².